The van der Waals surface area contributed by atoms with E-state index in [2.05, 4.69) is 0 Å². The van der Waals surface area contributed by atoms with Crippen LogP contribution in [0.2, 0.25) is 0 Å². The van der Waals surface area contributed by atoms with Crippen molar-refractivity contribution in [2.24, 2.45) is 0 Å². The highest BCUT2D eigenvalue weighted by atomic mass is 35.5. The number of benzene rings is 1. The lowest BCUT2D eigenvalue weighted by atomic mass is 10.1. The lowest BCUT2D eigenvalue weighted by Crippen LogP contribution is -2.11. The number of ether oxygens (including phenoxy) is 1. The maximum absolute atomic E-state index is 11.4. The van der Waals surface area contributed by atoms with Crippen molar-refractivity contribution in [1.82, 2.24) is 0 Å². The lowest BCUT2D eigenvalue weighted by molar-refractivity contribution is 0.0378. The smallest absolute Gasteiger partial charge is 0.338 e. The van der Waals surface area contributed by atoms with Crippen molar-refractivity contribution in [2.45, 2.75) is 39.7 Å². The summed E-state index contributed by atoms with van der Waals surface area (Å²) in [6.07, 6.45) is -0.0878. The summed E-state index contributed by atoms with van der Waals surface area (Å²) in [5.74, 6) is 0.167. The van der Waals surface area contributed by atoms with Crippen LogP contribution in [0.3, 0.4) is 0 Å². The van der Waals surface area contributed by atoms with Gasteiger partial charge in [-0.25, -0.2) is 4.79 Å². The highest BCUT2D eigenvalue weighted by molar-refractivity contribution is 6.17. The van der Waals surface area contributed by atoms with Crippen LogP contribution in [0.1, 0.15) is 43.6 Å². The molecule has 90 valence electrons. The molecule has 0 aliphatic carbocycles. The number of hydrogen-bond acceptors (Lipinski definition) is 2. The number of carbonyl (C=O) groups excluding carboxylic acids is 1. The first-order valence-corrected chi connectivity index (χ1v) is 6.03. The summed E-state index contributed by atoms with van der Waals surface area (Å²) in [5, 5.41) is 0. The molecule has 0 saturated heterocycles. The SMILES string of the molecule is CC.CC(C)OC(=O)c1ccc(CCl)cc1. The van der Waals surface area contributed by atoms with Crippen molar-refractivity contribution in [3.05, 3.63) is 35.4 Å². The number of halogens is 1. The van der Waals surface area contributed by atoms with Gasteiger partial charge in [-0.15, -0.1) is 11.6 Å². The lowest BCUT2D eigenvalue weighted by Gasteiger charge is -2.07. The van der Waals surface area contributed by atoms with Gasteiger partial charge in [0.15, 0.2) is 0 Å². The number of hydrogen-bond donors (Lipinski definition) is 0. The Labute approximate surface area is 103 Å². The summed E-state index contributed by atoms with van der Waals surface area (Å²) < 4.78 is 5.04. The minimum atomic E-state index is -0.291. The second-order valence-electron chi connectivity index (χ2n) is 3.28. The van der Waals surface area contributed by atoms with Gasteiger partial charge in [0.05, 0.1) is 11.7 Å². The average Bonchev–Trinajstić information content (AvgIpc) is 2.31. The predicted octanol–water partition coefficient (Wildman–Crippen LogP) is 4.02. The Morgan fingerprint density at radius 1 is 1.25 bits per heavy atom. The van der Waals surface area contributed by atoms with E-state index in [-0.39, 0.29) is 12.1 Å². The molecular weight excluding hydrogens is 224 g/mol. The minimum Gasteiger partial charge on any atom is -0.459 e. The molecule has 1 aromatic carbocycles. The van der Waals surface area contributed by atoms with E-state index in [1.54, 1.807) is 12.1 Å². The topological polar surface area (TPSA) is 26.3 Å². The standard InChI is InChI=1S/C11H13ClO2.C2H6/c1-8(2)14-11(13)10-5-3-9(7-12)4-6-10;1-2/h3-6,8H,7H2,1-2H3;1-2H3. The Balaban J connectivity index is 0.00000106. The second-order valence-corrected chi connectivity index (χ2v) is 3.55. The van der Waals surface area contributed by atoms with E-state index in [1.807, 2.05) is 39.8 Å². The highest BCUT2D eigenvalue weighted by Gasteiger charge is 2.08. The average molecular weight is 243 g/mol. The second kappa shape index (κ2) is 8.17. The molecule has 0 aliphatic heterocycles. The van der Waals surface area contributed by atoms with E-state index >= 15 is 0 Å². The van der Waals surface area contributed by atoms with Crippen LogP contribution >= 0.6 is 11.6 Å². The molecule has 0 heterocycles. The van der Waals surface area contributed by atoms with Crippen LogP contribution in [0.25, 0.3) is 0 Å². The number of esters is 1. The van der Waals surface area contributed by atoms with Crippen LogP contribution in [0.5, 0.6) is 0 Å². The fraction of sp³-hybridized carbons (Fsp3) is 0.462. The third-order valence-corrected chi connectivity index (χ3v) is 2.00. The summed E-state index contributed by atoms with van der Waals surface area (Å²) in [6, 6.07) is 7.10. The van der Waals surface area contributed by atoms with Crippen molar-refractivity contribution in [3.63, 3.8) is 0 Å². The summed E-state index contributed by atoms with van der Waals surface area (Å²) in [7, 11) is 0. The van der Waals surface area contributed by atoms with E-state index in [4.69, 9.17) is 16.3 Å². The fourth-order valence-electron chi connectivity index (χ4n) is 1.01. The molecule has 0 radical (unpaired) electrons. The molecule has 0 unspecified atom stereocenters. The number of rotatable bonds is 3. The molecule has 0 amide bonds. The van der Waals surface area contributed by atoms with Gasteiger partial charge < -0.3 is 4.74 Å². The van der Waals surface area contributed by atoms with E-state index in [0.29, 0.717) is 11.4 Å². The quantitative estimate of drug-likeness (QED) is 0.591. The van der Waals surface area contributed by atoms with Gasteiger partial charge in [-0.2, -0.15) is 0 Å². The van der Waals surface area contributed by atoms with Gasteiger partial charge in [-0.05, 0) is 31.5 Å². The zero-order valence-corrected chi connectivity index (χ0v) is 11.0. The minimum absolute atomic E-state index is 0.0878. The van der Waals surface area contributed by atoms with Crippen LogP contribution < -0.4 is 0 Å². The molecule has 0 aromatic heterocycles. The first-order chi connectivity index (χ1) is 7.63. The molecule has 2 nitrogen and oxygen atoms in total. The molecule has 0 atom stereocenters. The van der Waals surface area contributed by atoms with E-state index < -0.39 is 0 Å². The Kier molecular flexibility index (Phi) is 7.65. The normalized spacial score (nSPS) is 9.38. The summed E-state index contributed by atoms with van der Waals surface area (Å²) in [6.45, 7) is 7.65. The number of alkyl halides is 1. The number of carbonyl (C=O) groups is 1. The van der Waals surface area contributed by atoms with Gasteiger partial charge in [0.25, 0.3) is 0 Å². The highest BCUT2D eigenvalue weighted by Crippen LogP contribution is 2.08. The predicted molar refractivity (Wildman–Crippen MR) is 67.9 cm³/mol. The van der Waals surface area contributed by atoms with Gasteiger partial charge in [-0.1, -0.05) is 26.0 Å². The Hall–Kier alpha value is -1.02. The summed E-state index contributed by atoms with van der Waals surface area (Å²) >= 11 is 5.63. The Bertz CT molecular complexity index is 304. The molecule has 0 saturated carbocycles. The van der Waals surface area contributed by atoms with E-state index in [0.717, 1.165) is 5.56 Å². The third-order valence-electron chi connectivity index (χ3n) is 1.69. The Morgan fingerprint density at radius 3 is 2.12 bits per heavy atom. The first-order valence-electron chi connectivity index (χ1n) is 5.49. The van der Waals surface area contributed by atoms with Gasteiger partial charge in [0.1, 0.15) is 0 Å². The maximum atomic E-state index is 11.4. The molecule has 0 fully saturated rings. The van der Waals surface area contributed by atoms with E-state index in [9.17, 15) is 4.79 Å². The van der Waals surface area contributed by atoms with Crippen molar-refractivity contribution in [2.75, 3.05) is 0 Å². The van der Waals surface area contributed by atoms with Crippen molar-refractivity contribution < 1.29 is 9.53 Å². The van der Waals surface area contributed by atoms with Gasteiger partial charge in [-0.3, -0.25) is 0 Å². The third kappa shape index (κ3) is 5.17. The molecule has 1 aromatic rings. The van der Waals surface area contributed by atoms with Crippen LogP contribution in [-0.4, -0.2) is 12.1 Å². The fourth-order valence-corrected chi connectivity index (χ4v) is 1.19. The molecule has 1 rings (SSSR count). The zero-order chi connectivity index (χ0) is 12.6. The van der Waals surface area contributed by atoms with Gasteiger partial charge in [0.2, 0.25) is 0 Å². The van der Waals surface area contributed by atoms with Crippen LogP contribution in [0, 0.1) is 0 Å². The maximum Gasteiger partial charge on any atom is 0.338 e. The molecule has 0 N–H and O–H groups in total. The Morgan fingerprint density at radius 2 is 1.75 bits per heavy atom. The molecule has 0 bridgehead atoms. The first kappa shape index (κ1) is 15.0. The summed E-state index contributed by atoms with van der Waals surface area (Å²) in [4.78, 5) is 11.4. The molecule has 0 spiro atoms. The molecule has 3 heteroatoms. The van der Waals surface area contributed by atoms with Crippen molar-refractivity contribution in [3.8, 4) is 0 Å². The van der Waals surface area contributed by atoms with Gasteiger partial charge >= 0.3 is 5.97 Å². The largest absolute Gasteiger partial charge is 0.459 e. The molecular formula is C13H19ClO2. The monoisotopic (exact) mass is 242 g/mol. The zero-order valence-electron chi connectivity index (χ0n) is 10.3. The molecule has 0 aliphatic rings. The summed E-state index contributed by atoms with van der Waals surface area (Å²) in [5.41, 5.74) is 1.56. The van der Waals surface area contributed by atoms with E-state index in [1.165, 1.54) is 0 Å². The van der Waals surface area contributed by atoms with Crippen LogP contribution in [0.4, 0.5) is 0 Å². The molecule has 16 heavy (non-hydrogen) atoms. The van der Waals surface area contributed by atoms with Crippen LogP contribution in [-0.2, 0) is 10.6 Å². The van der Waals surface area contributed by atoms with Crippen molar-refractivity contribution >= 4 is 17.6 Å². The van der Waals surface area contributed by atoms with Crippen molar-refractivity contribution in [1.29, 1.82) is 0 Å². The van der Waals surface area contributed by atoms with Crippen LogP contribution in [0.15, 0.2) is 24.3 Å². The van der Waals surface area contributed by atoms with Gasteiger partial charge in [0, 0.05) is 5.88 Å².